The van der Waals surface area contributed by atoms with Gasteiger partial charge in [0.15, 0.2) is 0 Å². The molecule has 0 aromatic carbocycles. The summed E-state index contributed by atoms with van der Waals surface area (Å²) in [6.45, 7) is 2.17. The zero-order chi connectivity index (χ0) is 13.3. The largest absolute Gasteiger partial charge is 0.384 e. The molecule has 2 heterocycles. The van der Waals surface area contributed by atoms with Crippen LogP contribution in [0.25, 0.3) is 0 Å². The monoisotopic (exact) mass is 249 g/mol. The predicted octanol–water partition coefficient (Wildman–Crippen LogP) is -0.255. The summed E-state index contributed by atoms with van der Waals surface area (Å²) in [5.74, 6) is 0.547. The highest BCUT2D eigenvalue weighted by Crippen LogP contribution is 2.19. The normalized spacial score (nSPS) is 10.6. The third-order valence-corrected chi connectivity index (χ3v) is 2.67. The minimum atomic E-state index is -0.511. The molecule has 0 fully saturated rings. The van der Waals surface area contributed by atoms with E-state index in [1.54, 1.807) is 24.9 Å². The van der Waals surface area contributed by atoms with Crippen molar-refractivity contribution in [2.24, 2.45) is 12.8 Å². The molecule has 0 bridgehead atoms. The minimum Gasteiger partial charge on any atom is -0.384 e. The summed E-state index contributed by atoms with van der Waals surface area (Å²) >= 11 is 0. The third-order valence-electron chi connectivity index (χ3n) is 2.67. The maximum atomic E-state index is 11.4. The van der Waals surface area contributed by atoms with Gasteiger partial charge in [0.2, 0.25) is 0 Å². The molecule has 0 spiro atoms. The van der Waals surface area contributed by atoms with Crippen molar-refractivity contribution in [3.8, 4) is 0 Å². The molecular weight excluding hydrogens is 234 g/mol. The fourth-order valence-corrected chi connectivity index (χ4v) is 1.80. The Hall–Kier alpha value is -2.51. The van der Waals surface area contributed by atoms with E-state index in [0.717, 1.165) is 5.56 Å². The number of nitrogens with one attached hydrogen (secondary N) is 2. The maximum absolute atomic E-state index is 11.4. The van der Waals surface area contributed by atoms with Gasteiger partial charge in [-0.3, -0.25) is 14.6 Å². The first-order valence-corrected chi connectivity index (χ1v) is 5.35. The summed E-state index contributed by atoms with van der Waals surface area (Å²) in [4.78, 5) is 11.4. The van der Waals surface area contributed by atoms with Crippen LogP contribution in [0.5, 0.6) is 0 Å². The van der Waals surface area contributed by atoms with Crippen molar-refractivity contribution in [2.75, 3.05) is 11.1 Å². The number of rotatable bonds is 4. The lowest BCUT2D eigenvalue weighted by molar-refractivity contribution is 0.100. The van der Waals surface area contributed by atoms with Gasteiger partial charge < -0.3 is 16.8 Å². The number of carbonyl (C=O) groups excluding carboxylic acids is 1. The number of anilines is 2. The standard InChI is InChI=1S/C10H15N7O/c1-5-7(9(12)18)10(17(2)16-5)13-3-6-4-14-15-8(6)11/h4,13H,3H2,1-2H3,(H2,12,18)(H3,11,14,15). The predicted molar refractivity (Wildman–Crippen MR) is 66.8 cm³/mol. The maximum Gasteiger partial charge on any atom is 0.254 e. The van der Waals surface area contributed by atoms with E-state index in [-0.39, 0.29) is 0 Å². The van der Waals surface area contributed by atoms with E-state index >= 15 is 0 Å². The van der Waals surface area contributed by atoms with Crippen LogP contribution in [0.1, 0.15) is 21.6 Å². The van der Waals surface area contributed by atoms with E-state index in [0.29, 0.717) is 29.4 Å². The van der Waals surface area contributed by atoms with E-state index in [1.165, 1.54) is 0 Å². The van der Waals surface area contributed by atoms with Gasteiger partial charge in [0, 0.05) is 19.2 Å². The smallest absolute Gasteiger partial charge is 0.254 e. The highest BCUT2D eigenvalue weighted by Gasteiger charge is 2.17. The molecule has 0 aliphatic heterocycles. The number of aromatic amines is 1. The van der Waals surface area contributed by atoms with Crippen molar-refractivity contribution in [3.05, 3.63) is 23.0 Å². The molecular formula is C10H15N7O. The lowest BCUT2D eigenvalue weighted by atomic mass is 10.2. The lowest BCUT2D eigenvalue weighted by Gasteiger charge is -2.07. The van der Waals surface area contributed by atoms with Crippen LogP contribution in [0, 0.1) is 6.92 Å². The Labute approximate surface area is 103 Å². The van der Waals surface area contributed by atoms with Gasteiger partial charge in [0.1, 0.15) is 17.2 Å². The van der Waals surface area contributed by atoms with Gasteiger partial charge in [-0.15, -0.1) is 0 Å². The molecule has 18 heavy (non-hydrogen) atoms. The van der Waals surface area contributed by atoms with Crippen LogP contribution >= 0.6 is 0 Å². The van der Waals surface area contributed by atoms with E-state index in [1.807, 2.05) is 0 Å². The SMILES string of the molecule is Cc1nn(C)c(NCc2cn[nH]c2N)c1C(N)=O. The van der Waals surface area contributed by atoms with Crippen molar-refractivity contribution in [2.45, 2.75) is 13.5 Å². The molecule has 8 nitrogen and oxygen atoms in total. The number of carbonyl (C=O) groups is 1. The Morgan fingerprint density at radius 2 is 2.33 bits per heavy atom. The van der Waals surface area contributed by atoms with E-state index in [9.17, 15) is 4.79 Å². The van der Waals surface area contributed by atoms with Gasteiger partial charge in [0.05, 0.1) is 11.9 Å². The lowest BCUT2D eigenvalue weighted by Crippen LogP contribution is -2.15. The molecule has 2 aromatic rings. The van der Waals surface area contributed by atoms with Gasteiger partial charge in [-0.1, -0.05) is 0 Å². The molecule has 0 aliphatic carbocycles. The van der Waals surface area contributed by atoms with Crippen LogP contribution in [0.2, 0.25) is 0 Å². The fourth-order valence-electron chi connectivity index (χ4n) is 1.80. The highest BCUT2D eigenvalue weighted by atomic mass is 16.1. The molecule has 8 heteroatoms. The summed E-state index contributed by atoms with van der Waals surface area (Å²) < 4.78 is 1.58. The molecule has 2 aromatic heterocycles. The average molecular weight is 249 g/mol. The van der Waals surface area contributed by atoms with Crippen LogP contribution in [0.3, 0.4) is 0 Å². The molecule has 0 radical (unpaired) electrons. The highest BCUT2D eigenvalue weighted by molar-refractivity contribution is 5.98. The van der Waals surface area contributed by atoms with Crippen LogP contribution in [-0.4, -0.2) is 25.9 Å². The number of nitrogens with zero attached hydrogens (tertiary/aromatic N) is 3. The molecule has 0 unspecified atom stereocenters. The van der Waals surface area contributed by atoms with Crippen molar-refractivity contribution in [1.29, 1.82) is 0 Å². The Kier molecular flexibility index (Phi) is 2.92. The zero-order valence-electron chi connectivity index (χ0n) is 10.2. The summed E-state index contributed by atoms with van der Waals surface area (Å²) in [6, 6.07) is 0. The van der Waals surface area contributed by atoms with Crippen molar-refractivity contribution in [3.63, 3.8) is 0 Å². The van der Waals surface area contributed by atoms with Crippen molar-refractivity contribution in [1.82, 2.24) is 20.0 Å². The number of H-pyrrole nitrogens is 1. The average Bonchev–Trinajstić information content (AvgIpc) is 2.79. The molecule has 0 saturated carbocycles. The number of hydrogen-bond donors (Lipinski definition) is 4. The van der Waals surface area contributed by atoms with Gasteiger partial charge in [-0.25, -0.2) is 0 Å². The number of amides is 1. The number of nitrogens with two attached hydrogens (primary N) is 2. The molecule has 0 saturated heterocycles. The minimum absolute atomic E-state index is 0.388. The van der Waals surface area contributed by atoms with E-state index in [4.69, 9.17) is 11.5 Å². The van der Waals surface area contributed by atoms with E-state index in [2.05, 4.69) is 20.6 Å². The second-order valence-corrected chi connectivity index (χ2v) is 3.96. The molecule has 0 atom stereocenters. The van der Waals surface area contributed by atoms with Gasteiger partial charge >= 0.3 is 0 Å². The van der Waals surface area contributed by atoms with Crippen LogP contribution in [-0.2, 0) is 13.6 Å². The second-order valence-electron chi connectivity index (χ2n) is 3.96. The molecule has 6 N–H and O–H groups in total. The Morgan fingerprint density at radius 1 is 1.61 bits per heavy atom. The first kappa shape index (κ1) is 12.0. The number of primary amides is 1. The number of nitrogen functional groups attached to an aromatic ring is 1. The summed E-state index contributed by atoms with van der Waals surface area (Å²) in [6.07, 6.45) is 1.62. The van der Waals surface area contributed by atoms with Gasteiger partial charge in [-0.05, 0) is 6.92 Å². The molecule has 0 aliphatic rings. The Balaban J connectivity index is 2.24. The third kappa shape index (κ3) is 1.99. The zero-order valence-corrected chi connectivity index (χ0v) is 10.2. The first-order valence-electron chi connectivity index (χ1n) is 5.35. The van der Waals surface area contributed by atoms with Gasteiger partial charge in [0.25, 0.3) is 5.91 Å². The van der Waals surface area contributed by atoms with Crippen LogP contribution < -0.4 is 16.8 Å². The number of hydrogen-bond acceptors (Lipinski definition) is 5. The van der Waals surface area contributed by atoms with Gasteiger partial charge in [-0.2, -0.15) is 10.2 Å². The van der Waals surface area contributed by atoms with Crippen LogP contribution in [0.4, 0.5) is 11.6 Å². The first-order chi connectivity index (χ1) is 8.50. The molecule has 96 valence electrons. The van der Waals surface area contributed by atoms with Crippen molar-refractivity contribution < 1.29 is 4.79 Å². The quantitative estimate of drug-likeness (QED) is 0.593. The number of aromatic nitrogens is 4. The summed E-state index contributed by atoms with van der Waals surface area (Å²) in [5.41, 5.74) is 12.8. The van der Waals surface area contributed by atoms with Crippen LogP contribution in [0.15, 0.2) is 6.20 Å². The number of aryl methyl sites for hydroxylation is 2. The summed E-state index contributed by atoms with van der Waals surface area (Å²) in [5, 5.41) is 13.7. The fraction of sp³-hybridized carbons (Fsp3) is 0.300. The Morgan fingerprint density at radius 3 is 2.89 bits per heavy atom. The van der Waals surface area contributed by atoms with E-state index < -0.39 is 5.91 Å². The molecule has 2 rings (SSSR count). The molecule has 1 amide bonds. The summed E-state index contributed by atoms with van der Waals surface area (Å²) in [7, 11) is 1.74. The second kappa shape index (κ2) is 4.40. The Bertz CT molecular complexity index is 583. The van der Waals surface area contributed by atoms with Crippen molar-refractivity contribution >= 4 is 17.5 Å². The topological polar surface area (TPSA) is 128 Å².